The maximum atomic E-state index is 14.1. The van der Waals surface area contributed by atoms with Crippen LogP contribution in [0, 0.1) is 74.9 Å². The van der Waals surface area contributed by atoms with Crippen LogP contribution >= 0.6 is 0 Å². The molecule has 4 N–H and O–H groups in total. The fourth-order valence-electron chi connectivity index (χ4n) is 18.2. The summed E-state index contributed by atoms with van der Waals surface area (Å²) in [5.74, 6) is 1.79. The molecule has 1 aromatic rings. The van der Waals surface area contributed by atoms with E-state index in [0.29, 0.717) is 42.4 Å². The molecule has 0 amide bonds. The van der Waals surface area contributed by atoms with E-state index < -0.39 is 34.7 Å². The standard InChI is InChI=1S/C50H70N2O5/c1-46(2,19-21-52-22-20-51-27-52)44-32-11-8-17-49(15-5-6-16-49)43(32)31-10-7-9-29-30-13-12-28-23-34-35(24-37(53)36-25-38(54)39(55)26-47(34,36)3)50(57)18-14-33(48(28,50)4)41(30)45(56)42(44)40(29)31/h20,22,24,27-30,33-34,36,38-39,41-43,45,54-57H,5-19,21,23,25-26H2,1-4H3/t28-,29-,30-,33+,34-,36-,38+,39-,41-,42+,43-,45-,47+,48+,50+/m0/s1. The van der Waals surface area contributed by atoms with Crippen LogP contribution in [0.4, 0.5) is 0 Å². The Labute approximate surface area is 340 Å². The van der Waals surface area contributed by atoms with Crippen molar-refractivity contribution in [1.82, 2.24) is 9.55 Å². The average Bonchev–Trinajstić information content (AvgIpc) is 3.92. The van der Waals surface area contributed by atoms with Crippen molar-refractivity contribution in [3.8, 4) is 0 Å². The predicted molar refractivity (Wildman–Crippen MR) is 219 cm³/mol. The summed E-state index contributed by atoms with van der Waals surface area (Å²) >= 11 is 0. The zero-order chi connectivity index (χ0) is 39.4. The summed E-state index contributed by atoms with van der Waals surface area (Å²) in [6.45, 7) is 10.5. The molecule has 1 spiro atoms. The monoisotopic (exact) mass is 779 g/mol. The molecule has 0 unspecified atom stereocenters. The van der Waals surface area contributed by atoms with E-state index in [1.54, 1.807) is 22.3 Å². The van der Waals surface area contributed by atoms with Crippen molar-refractivity contribution in [2.45, 2.75) is 174 Å². The molecule has 7 heteroatoms. The van der Waals surface area contributed by atoms with E-state index >= 15 is 0 Å². The number of ketones is 1. The predicted octanol–water partition coefficient (Wildman–Crippen LogP) is 8.51. The third-order valence-corrected chi connectivity index (χ3v) is 20.6. The van der Waals surface area contributed by atoms with Crippen LogP contribution in [-0.2, 0) is 11.3 Å². The number of carbonyl (C=O) groups is 1. The van der Waals surface area contributed by atoms with E-state index in [9.17, 15) is 25.2 Å². The summed E-state index contributed by atoms with van der Waals surface area (Å²) in [7, 11) is 0. The first-order valence-electron chi connectivity index (χ1n) is 23.7. The van der Waals surface area contributed by atoms with E-state index in [4.69, 9.17) is 0 Å². The molecular formula is C50H70N2O5. The summed E-state index contributed by atoms with van der Waals surface area (Å²) in [6, 6.07) is 0. The Morgan fingerprint density at radius 3 is 2.44 bits per heavy atom. The lowest BCUT2D eigenvalue weighted by Crippen LogP contribution is -2.64. The minimum Gasteiger partial charge on any atom is -0.392 e. The normalized spacial score (nSPS) is 48.4. The van der Waals surface area contributed by atoms with E-state index in [0.717, 1.165) is 44.2 Å². The van der Waals surface area contributed by atoms with Crippen LogP contribution in [0.15, 0.2) is 52.7 Å². The van der Waals surface area contributed by atoms with Crippen molar-refractivity contribution in [1.29, 1.82) is 0 Å². The first-order valence-corrected chi connectivity index (χ1v) is 23.7. The van der Waals surface area contributed by atoms with E-state index in [2.05, 4.69) is 43.4 Å². The second-order valence-electron chi connectivity index (χ2n) is 22.9. The number of hydrogen-bond acceptors (Lipinski definition) is 6. The summed E-state index contributed by atoms with van der Waals surface area (Å²) in [5, 5.41) is 48.9. The van der Waals surface area contributed by atoms with Crippen LogP contribution < -0.4 is 0 Å². The summed E-state index contributed by atoms with van der Waals surface area (Å²) < 4.78 is 2.24. The number of hydrogen-bond donors (Lipinski definition) is 4. The molecule has 7 nitrogen and oxygen atoms in total. The Balaban J connectivity index is 1.04. The molecule has 57 heavy (non-hydrogen) atoms. The van der Waals surface area contributed by atoms with Crippen LogP contribution in [0.3, 0.4) is 0 Å². The highest BCUT2D eigenvalue weighted by Crippen LogP contribution is 2.75. The highest BCUT2D eigenvalue weighted by molar-refractivity contribution is 5.95. The molecule has 0 aliphatic heterocycles. The second-order valence-corrected chi connectivity index (χ2v) is 22.9. The number of fused-ring (bicyclic) bond motifs is 10. The molecule has 1 heterocycles. The van der Waals surface area contributed by atoms with Gasteiger partial charge in [-0.3, -0.25) is 4.79 Å². The van der Waals surface area contributed by atoms with Crippen molar-refractivity contribution < 1.29 is 25.2 Å². The van der Waals surface area contributed by atoms with Crippen molar-refractivity contribution in [2.75, 3.05) is 0 Å². The van der Waals surface area contributed by atoms with Gasteiger partial charge >= 0.3 is 0 Å². The third kappa shape index (κ3) is 4.92. The topological polar surface area (TPSA) is 116 Å². The van der Waals surface area contributed by atoms with Gasteiger partial charge in [0.2, 0.25) is 0 Å². The van der Waals surface area contributed by atoms with Gasteiger partial charge in [0.1, 0.15) is 0 Å². The van der Waals surface area contributed by atoms with E-state index in [1.165, 1.54) is 64.2 Å². The van der Waals surface area contributed by atoms with Crippen molar-refractivity contribution in [3.63, 3.8) is 0 Å². The van der Waals surface area contributed by atoms with Gasteiger partial charge < -0.3 is 25.0 Å². The van der Waals surface area contributed by atoms with Crippen molar-refractivity contribution in [3.05, 3.63) is 52.7 Å². The molecule has 10 aliphatic rings. The molecule has 7 saturated carbocycles. The lowest BCUT2D eigenvalue weighted by atomic mass is 9.42. The molecule has 310 valence electrons. The first-order chi connectivity index (χ1) is 27.2. The number of aliphatic hydroxyl groups excluding tert-OH is 3. The van der Waals surface area contributed by atoms with Gasteiger partial charge in [-0.25, -0.2) is 4.98 Å². The summed E-state index contributed by atoms with van der Waals surface area (Å²) in [4.78, 5) is 18.5. The summed E-state index contributed by atoms with van der Waals surface area (Å²) in [6.07, 6.45) is 24.8. The molecule has 11 rings (SSSR count). The third-order valence-electron chi connectivity index (χ3n) is 20.6. The molecule has 0 radical (unpaired) electrons. The smallest absolute Gasteiger partial charge is 0.159 e. The number of allylic oxidation sites excluding steroid dienone is 3. The lowest BCUT2D eigenvalue weighted by molar-refractivity contribution is -0.168. The van der Waals surface area contributed by atoms with E-state index in [-0.39, 0.29) is 46.7 Å². The highest BCUT2D eigenvalue weighted by Gasteiger charge is 2.73. The van der Waals surface area contributed by atoms with Gasteiger partial charge in [-0.1, -0.05) is 62.8 Å². The fourth-order valence-corrected chi connectivity index (χ4v) is 18.2. The Bertz CT molecular complexity index is 1920. The molecule has 0 saturated heterocycles. The molecule has 0 bridgehead atoms. The maximum absolute atomic E-state index is 14.1. The van der Waals surface area contributed by atoms with Gasteiger partial charge in [-0.15, -0.1) is 0 Å². The van der Waals surface area contributed by atoms with Crippen LogP contribution in [0.1, 0.15) is 143 Å². The molecule has 0 aromatic carbocycles. The Morgan fingerprint density at radius 1 is 0.895 bits per heavy atom. The van der Waals surface area contributed by atoms with Crippen molar-refractivity contribution in [2.24, 2.45) is 74.9 Å². The lowest BCUT2D eigenvalue weighted by Gasteiger charge is -2.63. The minimum atomic E-state index is -1.11. The first kappa shape index (κ1) is 37.9. The fraction of sp³-hybridized carbons (Fsp3) is 0.800. The number of aryl methyl sites for hydroxylation is 1. The molecule has 10 aliphatic carbocycles. The zero-order valence-corrected chi connectivity index (χ0v) is 35.3. The molecular weight excluding hydrogens is 709 g/mol. The van der Waals surface area contributed by atoms with Gasteiger partial charge in [0.15, 0.2) is 5.78 Å². The zero-order valence-electron chi connectivity index (χ0n) is 35.3. The number of aliphatic hydroxyl groups is 4. The number of rotatable bonds is 4. The maximum Gasteiger partial charge on any atom is 0.159 e. The number of imidazole rings is 1. The minimum absolute atomic E-state index is 0.0131. The van der Waals surface area contributed by atoms with Crippen LogP contribution in [0.2, 0.25) is 0 Å². The molecule has 1 aromatic heterocycles. The van der Waals surface area contributed by atoms with Gasteiger partial charge in [0.05, 0.1) is 30.2 Å². The second kappa shape index (κ2) is 12.7. The van der Waals surface area contributed by atoms with Gasteiger partial charge in [-0.2, -0.15) is 0 Å². The van der Waals surface area contributed by atoms with Crippen molar-refractivity contribution >= 4 is 5.78 Å². The Kier molecular flexibility index (Phi) is 8.47. The van der Waals surface area contributed by atoms with Crippen LogP contribution in [0.5, 0.6) is 0 Å². The molecule has 15 atom stereocenters. The van der Waals surface area contributed by atoms with Gasteiger partial charge in [0, 0.05) is 42.1 Å². The molecule has 7 fully saturated rings. The average molecular weight is 779 g/mol. The van der Waals surface area contributed by atoms with Crippen LogP contribution in [0.25, 0.3) is 0 Å². The largest absolute Gasteiger partial charge is 0.392 e. The van der Waals surface area contributed by atoms with Crippen LogP contribution in [-0.4, -0.2) is 59.7 Å². The van der Waals surface area contributed by atoms with Gasteiger partial charge in [0.25, 0.3) is 0 Å². The number of carbonyl (C=O) groups excluding carboxylic acids is 1. The SMILES string of the molecule is CC(C)(CCn1ccnc1)C1=C2CCCC3(CCCC3)[C@H]2C2=C3[C@H]1[C@@H](O)[C@H]1[C@@H](CC[C@H]4C[C@H]5C(=CC(=O)[C@@H]6C[C@@H](O)[C@@H](O)C[C@@]65C)[C@]5(O)CC[C@H]1[C@@]45C)[C@@H]3CCC2. The quantitative estimate of drug-likeness (QED) is 0.228. The Morgan fingerprint density at radius 2 is 1.67 bits per heavy atom. The Hall–Kier alpha value is -2.06. The van der Waals surface area contributed by atoms with E-state index in [1.807, 2.05) is 18.6 Å². The van der Waals surface area contributed by atoms with Gasteiger partial charge in [-0.05, 0) is 166 Å². The number of nitrogens with zero attached hydrogens (tertiary/aromatic N) is 2. The highest BCUT2D eigenvalue weighted by atomic mass is 16.3. The summed E-state index contributed by atoms with van der Waals surface area (Å²) in [5.41, 5.74) is 6.00. The number of aromatic nitrogens is 2.